The molecule has 1 saturated carbocycles. The maximum absolute atomic E-state index is 13.4. The summed E-state index contributed by atoms with van der Waals surface area (Å²) in [5.41, 5.74) is 3.51. The molecule has 3 N–H and O–H groups in total. The van der Waals surface area contributed by atoms with Gasteiger partial charge in [-0.25, -0.2) is 0 Å². The second kappa shape index (κ2) is 12.9. The van der Waals surface area contributed by atoms with Crippen molar-refractivity contribution in [2.45, 2.75) is 70.4 Å². The molecule has 0 unspecified atom stereocenters. The van der Waals surface area contributed by atoms with Gasteiger partial charge in [-0.2, -0.15) is 0 Å². The van der Waals surface area contributed by atoms with Crippen LogP contribution in [-0.2, 0) is 16.0 Å². The van der Waals surface area contributed by atoms with Gasteiger partial charge in [-0.3, -0.25) is 14.4 Å². The number of hydrogen-bond acceptors (Lipinski definition) is 7. The molecular weight excluding hydrogens is 498 g/mol. The van der Waals surface area contributed by atoms with Gasteiger partial charge in [-0.15, -0.1) is 0 Å². The second-order valence-electron chi connectivity index (χ2n) is 10.2. The quantitative estimate of drug-likeness (QED) is 0.391. The summed E-state index contributed by atoms with van der Waals surface area (Å²) < 4.78 is 17.0. The summed E-state index contributed by atoms with van der Waals surface area (Å²) in [4.78, 5) is 37.7. The van der Waals surface area contributed by atoms with Crippen LogP contribution in [0.15, 0.2) is 29.1 Å². The first-order chi connectivity index (χ1) is 18.9. The van der Waals surface area contributed by atoms with E-state index in [-0.39, 0.29) is 23.3 Å². The van der Waals surface area contributed by atoms with Gasteiger partial charge < -0.3 is 30.2 Å². The normalized spacial score (nSPS) is 16.4. The Morgan fingerprint density at radius 2 is 1.69 bits per heavy atom. The first kappa shape index (κ1) is 28.3. The zero-order chi connectivity index (χ0) is 27.9. The molecule has 2 aromatic rings. The zero-order valence-corrected chi connectivity index (χ0v) is 23.3. The van der Waals surface area contributed by atoms with E-state index in [1.807, 2.05) is 12.1 Å². The topological polar surface area (TPSA) is 115 Å². The molecule has 0 saturated heterocycles. The first-order valence-electron chi connectivity index (χ1n) is 13.7. The molecule has 39 heavy (non-hydrogen) atoms. The number of benzene rings is 1. The van der Waals surface area contributed by atoms with Crippen molar-refractivity contribution < 1.29 is 23.8 Å². The van der Waals surface area contributed by atoms with Crippen LogP contribution in [0.3, 0.4) is 0 Å². The molecule has 1 atom stereocenters. The standard InChI is InChI=1S/C30H39N3O6/c1-18(34)32-23-13-11-19-16-26(37-2)29(38-3)30(39-4)28(19)21-12-14-24(25(35)17-22(21)23)31-15-7-10-27(36)33-20-8-5-6-9-20/h12,14,16-17,20,23H,5-11,13,15H2,1-4H3,(H,31,35)(H,32,34)(H,33,36)/t23-/m1/s1. The Balaban J connectivity index is 1.65. The highest BCUT2D eigenvalue weighted by atomic mass is 16.5. The minimum atomic E-state index is -0.362. The van der Waals surface area contributed by atoms with E-state index in [9.17, 15) is 14.4 Å². The number of rotatable bonds is 10. The van der Waals surface area contributed by atoms with Gasteiger partial charge in [-0.05, 0) is 67.0 Å². The summed E-state index contributed by atoms with van der Waals surface area (Å²) in [6.45, 7) is 1.96. The molecule has 0 aliphatic heterocycles. The number of amides is 2. The molecule has 4 rings (SSSR count). The number of carbonyl (C=O) groups is 2. The number of hydrogen-bond donors (Lipinski definition) is 3. The van der Waals surface area contributed by atoms with E-state index in [1.165, 1.54) is 19.8 Å². The minimum absolute atomic E-state index is 0.0580. The van der Waals surface area contributed by atoms with Gasteiger partial charge in [0, 0.05) is 31.5 Å². The third kappa shape index (κ3) is 6.46. The smallest absolute Gasteiger partial charge is 0.220 e. The van der Waals surface area contributed by atoms with Crippen molar-refractivity contribution in [1.82, 2.24) is 10.6 Å². The van der Waals surface area contributed by atoms with Crippen molar-refractivity contribution >= 4 is 17.5 Å². The van der Waals surface area contributed by atoms with Crippen LogP contribution in [0.1, 0.15) is 69.0 Å². The molecule has 210 valence electrons. The van der Waals surface area contributed by atoms with E-state index in [0.29, 0.717) is 66.8 Å². The average molecular weight is 538 g/mol. The zero-order valence-electron chi connectivity index (χ0n) is 23.3. The molecule has 2 aromatic carbocycles. The van der Waals surface area contributed by atoms with Gasteiger partial charge in [0.1, 0.15) is 0 Å². The van der Waals surface area contributed by atoms with E-state index in [1.54, 1.807) is 33.5 Å². The van der Waals surface area contributed by atoms with Crippen LogP contribution in [0.25, 0.3) is 11.1 Å². The summed E-state index contributed by atoms with van der Waals surface area (Å²) in [5, 5.41) is 9.33. The largest absolute Gasteiger partial charge is 0.493 e. The molecule has 0 bridgehead atoms. The highest BCUT2D eigenvalue weighted by Gasteiger charge is 2.29. The molecule has 0 aromatic heterocycles. The molecule has 9 heteroatoms. The number of nitrogens with one attached hydrogen (secondary N) is 3. The fourth-order valence-corrected chi connectivity index (χ4v) is 5.70. The molecule has 9 nitrogen and oxygen atoms in total. The van der Waals surface area contributed by atoms with Gasteiger partial charge in [0.2, 0.25) is 23.0 Å². The van der Waals surface area contributed by atoms with Gasteiger partial charge in [0.25, 0.3) is 0 Å². The number of fused-ring (bicyclic) bond motifs is 3. The third-order valence-electron chi connectivity index (χ3n) is 7.53. The summed E-state index contributed by atoms with van der Waals surface area (Å²) in [6.07, 6.45) is 6.71. The maximum Gasteiger partial charge on any atom is 0.220 e. The van der Waals surface area contributed by atoms with E-state index in [0.717, 1.165) is 29.5 Å². The monoisotopic (exact) mass is 537 g/mol. The summed E-state index contributed by atoms with van der Waals surface area (Å²) in [6, 6.07) is 7.11. The van der Waals surface area contributed by atoms with Crippen LogP contribution < -0.4 is 35.6 Å². The van der Waals surface area contributed by atoms with Crippen LogP contribution in [0.5, 0.6) is 17.2 Å². The maximum atomic E-state index is 13.4. The van der Waals surface area contributed by atoms with E-state index in [4.69, 9.17) is 14.2 Å². The Morgan fingerprint density at radius 3 is 2.36 bits per heavy atom. The Kier molecular flexibility index (Phi) is 9.32. The van der Waals surface area contributed by atoms with Gasteiger partial charge in [0.15, 0.2) is 11.5 Å². The lowest BCUT2D eigenvalue weighted by molar-refractivity contribution is -0.122. The lowest BCUT2D eigenvalue weighted by Crippen LogP contribution is -2.32. The van der Waals surface area contributed by atoms with E-state index < -0.39 is 0 Å². The van der Waals surface area contributed by atoms with Crippen molar-refractivity contribution in [3.8, 4) is 28.4 Å². The fraction of sp³-hybridized carbons (Fsp3) is 0.500. The first-order valence-corrected chi connectivity index (χ1v) is 13.7. The van der Waals surface area contributed by atoms with Crippen molar-refractivity contribution in [1.29, 1.82) is 0 Å². The van der Waals surface area contributed by atoms with E-state index >= 15 is 0 Å². The highest BCUT2D eigenvalue weighted by Crippen LogP contribution is 2.50. The number of ether oxygens (including phenoxy) is 3. The van der Waals surface area contributed by atoms with Crippen molar-refractivity contribution in [3.63, 3.8) is 0 Å². The summed E-state index contributed by atoms with van der Waals surface area (Å²) in [7, 11) is 4.71. The second-order valence-corrected chi connectivity index (χ2v) is 10.2. The summed E-state index contributed by atoms with van der Waals surface area (Å²) >= 11 is 0. The van der Waals surface area contributed by atoms with Crippen LogP contribution in [0.2, 0.25) is 0 Å². The van der Waals surface area contributed by atoms with E-state index in [2.05, 4.69) is 16.0 Å². The molecule has 2 amide bonds. The van der Waals surface area contributed by atoms with Crippen molar-refractivity contribution in [2.75, 3.05) is 33.2 Å². The number of carbonyl (C=O) groups excluding carboxylic acids is 2. The molecule has 0 radical (unpaired) electrons. The Labute approximate surface area is 229 Å². The van der Waals surface area contributed by atoms with Crippen LogP contribution in [0, 0.1) is 0 Å². The Hall–Kier alpha value is -3.75. The molecule has 0 spiro atoms. The minimum Gasteiger partial charge on any atom is -0.493 e. The third-order valence-corrected chi connectivity index (χ3v) is 7.53. The molecule has 1 fully saturated rings. The fourth-order valence-electron chi connectivity index (χ4n) is 5.70. The van der Waals surface area contributed by atoms with Gasteiger partial charge in [0.05, 0.1) is 33.1 Å². The number of methoxy groups -OCH3 is 3. The molecular formula is C30H39N3O6. The highest BCUT2D eigenvalue weighted by molar-refractivity contribution is 5.83. The predicted molar refractivity (Wildman–Crippen MR) is 151 cm³/mol. The number of anilines is 1. The van der Waals surface area contributed by atoms with Crippen LogP contribution in [0.4, 0.5) is 5.69 Å². The predicted octanol–water partition coefficient (Wildman–Crippen LogP) is 4.11. The van der Waals surface area contributed by atoms with Gasteiger partial charge >= 0.3 is 0 Å². The van der Waals surface area contributed by atoms with Crippen molar-refractivity contribution in [3.05, 3.63) is 45.6 Å². The molecule has 2 aliphatic carbocycles. The Morgan fingerprint density at radius 1 is 0.949 bits per heavy atom. The lowest BCUT2D eigenvalue weighted by Gasteiger charge is -2.19. The van der Waals surface area contributed by atoms with Crippen LogP contribution in [-0.4, -0.2) is 45.7 Å². The SMILES string of the molecule is COc1cc2c(c(OC)c1OC)-c1ccc(NCCCC(=O)NC3CCCC3)c(=O)cc1[C@H](NC(C)=O)CC2. The van der Waals surface area contributed by atoms with Crippen LogP contribution >= 0.6 is 0 Å². The van der Waals surface area contributed by atoms with Gasteiger partial charge in [-0.1, -0.05) is 18.9 Å². The summed E-state index contributed by atoms with van der Waals surface area (Å²) in [5.74, 6) is 1.41. The lowest BCUT2D eigenvalue weighted by atomic mass is 9.95. The number of aryl methyl sites for hydroxylation is 1. The molecule has 0 heterocycles. The molecule has 2 aliphatic rings. The average Bonchev–Trinajstić information content (AvgIpc) is 3.32. The Bertz CT molecular complexity index is 1270. The van der Waals surface area contributed by atoms with Crippen molar-refractivity contribution in [2.24, 2.45) is 0 Å².